The van der Waals surface area contributed by atoms with Crippen molar-refractivity contribution in [1.29, 1.82) is 0 Å². The summed E-state index contributed by atoms with van der Waals surface area (Å²) in [5, 5.41) is 4.76. The maximum Gasteiger partial charge on any atom is 0.289 e. The molecule has 0 saturated carbocycles. The van der Waals surface area contributed by atoms with E-state index in [0.29, 0.717) is 24.1 Å². The quantitative estimate of drug-likeness (QED) is 0.729. The Hall–Kier alpha value is -2.70. The van der Waals surface area contributed by atoms with Gasteiger partial charge in [0.15, 0.2) is 5.76 Å². The number of halogens is 1. The van der Waals surface area contributed by atoms with Crippen LogP contribution in [-0.2, 0) is 0 Å². The zero-order valence-electron chi connectivity index (χ0n) is 12.4. The standard InChI is InChI=1S/C16H15FN4O2/c17-12-1-2-14-11(7-12)8-15(23-14)16(22)20-5-3-13(4-6-20)21-10-18-9-19-21/h1-2,7-10,13H,3-6H2. The zero-order valence-corrected chi connectivity index (χ0v) is 12.4. The van der Waals surface area contributed by atoms with E-state index in [1.807, 2.05) is 4.68 Å². The Morgan fingerprint density at radius 2 is 2.09 bits per heavy atom. The van der Waals surface area contributed by atoms with Crippen LogP contribution in [0.1, 0.15) is 29.4 Å². The predicted molar refractivity (Wildman–Crippen MR) is 80.4 cm³/mol. The highest BCUT2D eigenvalue weighted by Crippen LogP contribution is 2.25. The highest BCUT2D eigenvalue weighted by atomic mass is 19.1. The number of hydrogen-bond acceptors (Lipinski definition) is 4. The van der Waals surface area contributed by atoms with E-state index in [1.54, 1.807) is 23.4 Å². The number of rotatable bonds is 2. The van der Waals surface area contributed by atoms with Gasteiger partial charge in [0.2, 0.25) is 0 Å². The lowest BCUT2D eigenvalue weighted by molar-refractivity contribution is 0.0660. The van der Waals surface area contributed by atoms with Gasteiger partial charge in [0.05, 0.1) is 6.04 Å². The van der Waals surface area contributed by atoms with Crippen molar-refractivity contribution in [3.63, 3.8) is 0 Å². The van der Waals surface area contributed by atoms with Gasteiger partial charge in [0.1, 0.15) is 24.1 Å². The van der Waals surface area contributed by atoms with Crippen molar-refractivity contribution >= 4 is 16.9 Å². The molecule has 3 heterocycles. The van der Waals surface area contributed by atoms with Crippen LogP contribution in [0.15, 0.2) is 41.3 Å². The van der Waals surface area contributed by atoms with Crippen molar-refractivity contribution in [2.24, 2.45) is 0 Å². The fraction of sp³-hybridized carbons (Fsp3) is 0.312. The Kier molecular flexibility index (Phi) is 3.33. The second kappa shape index (κ2) is 5.49. The molecule has 1 aliphatic rings. The summed E-state index contributed by atoms with van der Waals surface area (Å²) in [7, 11) is 0. The number of aromatic nitrogens is 3. The minimum absolute atomic E-state index is 0.154. The summed E-state index contributed by atoms with van der Waals surface area (Å²) < 4.78 is 20.6. The highest BCUT2D eigenvalue weighted by molar-refractivity contribution is 5.96. The number of carbonyl (C=O) groups is 1. The summed E-state index contributed by atoms with van der Waals surface area (Å²) in [6.45, 7) is 1.27. The van der Waals surface area contributed by atoms with Crippen molar-refractivity contribution < 1.29 is 13.6 Å². The number of benzene rings is 1. The molecule has 118 valence electrons. The van der Waals surface area contributed by atoms with Gasteiger partial charge in [-0.3, -0.25) is 4.79 Å². The van der Waals surface area contributed by atoms with Gasteiger partial charge < -0.3 is 9.32 Å². The molecule has 0 radical (unpaired) electrons. The molecule has 1 aromatic carbocycles. The summed E-state index contributed by atoms with van der Waals surface area (Å²) in [5.41, 5.74) is 0.521. The van der Waals surface area contributed by atoms with Crippen molar-refractivity contribution in [3.05, 3.63) is 48.5 Å². The van der Waals surface area contributed by atoms with E-state index < -0.39 is 0 Å². The first-order chi connectivity index (χ1) is 11.2. The molecular weight excluding hydrogens is 299 g/mol. The number of furan rings is 1. The molecule has 0 spiro atoms. The fourth-order valence-corrected chi connectivity index (χ4v) is 3.01. The first-order valence-corrected chi connectivity index (χ1v) is 7.53. The van der Waals surface area contributed by atoms with Crippen molar-refractivity contribution in [1.82, 2.24) is 19.7 Å². The number of carbonyl (C=O) groups excluding carboxylic acids is 1. The second-order valence-corrected chi connectivity index (χ2v) is 5.69. The van der Waals surface area contributed by atoms with E-state index in [0.717, 1.165) is 12.8 Å². The Bertz CT molecular complexity index is 835. The molecule has 6 nitrogen and oxygen atoms in total. The molecule has 3 aromatic rings. The Labute approximate surface area is 131 Å². The molecule has 2 aromatic heterocycles. The minimum atomic E-state index is -0.342. The third kappa shape index (κ3) is 2.58. The third-order valence-corrected chi connectivity index (χ3v) is 4.25. The van der Waals surface area contributed by atoms with E-state index in [-0.39, 0.29) is 23.5 Å². The average Bonchev–Trinajstić information content (AvgIpc) is 3.23. The van der Waals surface area contributed by atoms with Gasteiger partial charge in [-0.2, -0.15) is 5.10 Å². The Morgan fingerprint density at radius 3 is 2.83 bits per heavy atom. The van der Waals surface area contributed by atoms with Gasteiger partial charge in [0, 0.05) is 18.5 Å². The van der Waals surface area contributed by atoms with E-state index in [1.165, 1.54) is 18.5 Å². The summed E-state index contributed by atoms with van der Waals surface area (Å²) in [4.78, 5) is 18.3. The largest absolute Gasteiger partial charge is 0.451 e. The SMILES string of the molecule is O=C(c1cc2cc(F)ccc2o1)N1CCC(n2cncn2)CC1. The highest BCUT2D eigenvalue weighted by Gasteiger charge is 2.26. The predicted octanol–water partition coefficient (Wildman–Crippen LogP) is 2.64. The Morgan fingerprint density at radius 1 is 1.26 bits per heavy atom. The molecule has 23 heavy (non-hydrogen) atoms. The van der Waals surface area contributed by atoms with Crippen LogP contribution in [0.2, 0.25) is 0 Å². The number of amides is 1. The maximum atomic E-state index is 13.2. The van der Waals surface area contributed by atoms with Crippen molar-refractivity contribution in [2.75, 3.05) is 13.1 Å². The normalized spacial score (nSPS) is 16.1. The lowest BCUT2D eigenvalue weighted by atomic mass is 10.1. The first kappa shape index (κ1) is 13.9. The summed E-state index contributed by atoms with van der Waals surface area (Å²) in [5.74, 6) is -0.241. The first-order valence-electron chi connectivity index (χ1n) is 7.53. The summed E-state index contributed by atoms with van der Waals surface area (Å²) >= 11 is 0. The number of fused-ring (bicyclic) bond motifs is 1. The monoisotopic (exact) mass is 314 g/mol. The number of likely N-dealkylation sites (tertiary alicyclic amines) is 1. The van der Waals surface area contributed by atoms with Crippen LogP contribution >= 0.6 is 0 Å². The summed E-state index contributed by atoms with van der Waals surface area (Å²) in [6.07, 6.45) is 4.87. The lowest BCUT2D eigenvalue weighted by Gasteiger charge is -2.31. The number of nitrogens with zero attached hydrogens (tertiary/aromatic N) is 4. The van der Waals surface area contributed by atoms with Gasteiger partial charge >= 0.3 is 0 Å². The molecule has 0 unspecified atom stereocenters. The molecule has 1 aliphatic heterocycles. The van der Waals surface area contributed by atoms with Crippen LogP contribution in [0, 0.1) is 5.82 Å². The molecule has 0 atom stereocenters. The van der Waals surface area contributed by atoms with E-state index >= 15 is 0 Å². The van der Waals surface area contributed by atoms with Gasteiger partial charge in [0.25, 0.3) is 5.91 Å². The summed E-state index contributed by atoms with van der Waals surface area (Å²) in [6, 6.07) is 6.10. The van der Waals surface area contributed by atoms with E-state index in [9.17, 15) is 9.18 Å². The molecule has 1 amide bonds. The minimum Gasteiger partial charge on any atom is -0.451 e. The fourth-order valence-electron chi connectivity index (χ4n) is 3.01. The van der Waals surface area contributed by atoms with Crippen LogP contribution in [-0.4, -0.2) is 38.7 Å². The zero-order chi connectivity index (χ0) is 15.8. The smallest absolute Gasteiger partial charge is 0.289 e. The molecule has 4 rings (SSSR count). The van der Waals surface area contributed by atoms with Crippen molar-refractivity contribution in [3.8, 4) is 0 Å². The number of piperidine rings is 1. The molecular formula is C16H15FN4O2. The topological polar surface area (TPSA) is 64.2 Å². The van der Waals surface area contributed by atoms with E-state index in [2.05, 4.69) is 10.1 Å². The van der Waals surface area contributed by atoms with Crippen molar-refractivity contribution in [2.45, 2.75) is 18.9 Å². The third-order valence-electron chi connectivity index (χ3n) is 4.25. The maximum absolute atomic E-state index is 13.2. The van der Waals surface area contributed by atoms with Gasteiger partial charge in [-0.1, -0.05) is 0 Å². The second-order valence-electron chi connectivity index (χ2n) is 5.69. The molecule has 1 fully saturated rings. The van der Waals surface area contributed by atoms with Gasteiger partial charge in [-0.25, -0.2) is 14.1 Å². The molecule has 0 N–H and O–H groups in total. The molecule has 1 saturated heterocycles. The van der Waals surface area contributed by atoms with Crippen LogP contribution in [0.5, 0.6) is 0 Å². The molecule has 0 aliphatic carbocycles. The lowest BCUT2D eigenvalue weighted by Crippen LogP contribution is -2.39. The van der Waals surface area contributed by atoms with Crippen LogP contribution in [0.4, 0.5) is 4.39 Å². The number of hydrogen-bond donors (Lipinski definition) is 0. The van der Waals surface area contributed by atoms with Gasteiger partial charge in [-0.15, -0.1) is 0 Å². The van der Waals surface area contributed by atoms with Crippen LogP contribution < -0.4 is 0 Å². The Balaban J connectivity index is 1.48. The molecule has 7 heteroatoms. The van der Waals surface area contributed by atoms with E-state index in [4.69, 9.17) is 4.42 Å². The van der Waals surface area contributed by atoms with Gasteiger partial charge in [-0.05, 0) is 37.1 Å². The average molecular weight is 314 g/mol. The van der Waals surface area contributed by atoms with Crippen LogP contribution in [0.3, 0.4) is 0 Å². The molecule has 0 bridgehead atoms. The van der Waals surface area contributed by atoms with Crippen LogP contribution in [0.25, 0.3) is 11.0 Å².